The Morgan fingerprint density at radius 1 is 0.600 bits per heavy atom. The first-order valence-electron chi connectivity index (χ1n) is 8.81. The summed E-state index contributed by atoms with van der Waals surface area (Å²) >= 11 is 0. The standard InChI is InChI=1S/C24H23N/c1-24(2,3)25-22-16-15-18-10-5-7-13-20(18)23(22)21-14-8-11-17-9-4-6-12-19(17)21/h4-16,25H,1-3H3. The summed E-state index contributed by atoms with van der Waals surface area (Å²) in [6.45, 7) is 6.61. The summed E-state index contributed by atoms with van der Waals surface area (Å²) in [4.78, 5) is 0. The molecule has 4 rings (SSSR count). The molecule has 0 saturated heterocycles. The maximum Gasteiger partial charge on any atom is 0.0430 e. The Morgan fingerprint density at radius 3 is 1.92 bits per heavy atom. The molecule has 0 fully saturated rings. The Hall–Kier alpha value is -2.80. The van der Waals surface area contributed by atoms with Gasteiger partial charge in [0.2, 0.25) is 0 Å². The molecule has 0 saturated carbocycles. The number of fused-ring (bicyclic) bond motifs is 2. The minimum Gasteiger partial charge on any atom is -0.380 e. The second-order valence-electron chi connectivity index (χ2n) is 7.61. The Labute approximate surface area is 149 Å². The minimum atomic E-state index is 0.00178. The van der Waals surface area contributed by atoms with E-state index in [-0.39, 0.29) is 5.54 Å². The molecule has 0 atom stereocenters. The zero-order valence-electron chi connectivity index (χ0n) is 15.0. The highest BCUT2D eigenvalue weighted by Gasteiger charge is 2.16. The van der Waals surface area contributed by atoms with Crippen LogP contribution in [0.4, 0.5) is 5.69 Å². The van der Waals surface area contributed by atoms with Crippen LogP contribution in [0.25, 0.3) is 32.7 Å². The molecule has 0 bridgehead atoms. The number of hydrogen-bond donors (Lipinski definition) is 1. The lowest BCUT2D eigenvalue weighted by molar-refractivity contribution is 0.634. The first-order valence-corrected chi connectivity index (χ1v) is 8.81. The van der Waals surface area contributed by atoms with Crippen LogP contribution in [0.15, 0.2) is 78.9 Å². The van der Waals surface area contributed by atoms with Crippen LogP contribution < -0.4 is 5.32 Å². The van der Waals surface area contributed by atoms with E-state index in [1.807, 2.05) is 0 Å². The van der Waals surface area contributed by atoms with E-state index in [1.165, 1.54) is 38.4 Å². The quantitative estimate of drug-likeness (QED) is 0.424. The van der Waals surface area contributed by atoms with Crippen molar-refractivity contribution in [3.05, 3.63) is 78.9 Å². The molecule has 1 N–H and O–H groups in total. The summed E-state index contributed by atoms with van der Waals surface area (Å²) in [6.07, 6.45) is 0. The van der Waals surface area contributed by atoms with Gasteiger partial charge in [-0.2, -0.15) is 0 Å². The van der Waals surface area contributed by atoms with Gasteiger partial charge in [0, 0.05) is 16.8 Å². The Morgan fingerprint density at radius 2 is 1.20 bits per heavy atom. The SMILES string of the molecule is CC(C)(C)Nc1ccc2ccccc2c1-c1cccc2ccccc12. The number of anilines is 1. The van der Waals surface area contributed by atoms with Crippen molar-refractivity contribution < 1.29 is 0 Å². The van der Waals surface area contributed by atoms with Gasteiger partial charge in [0.15, 0.2) is 0 Å². The van der Waals surface area contributed by atoms with Gasteiger partial charge < -0.3 is 5.32 Å². The summed E-state index contributed by atoms with van der Waals surface area (Å²) < 4.78 is 0. The third-order valence-corrected chi connectivity index (χ3v) is 4.50. The van der Waals surface area contributed by atoms with Gasteiger partial charge in [-0.15, -0.1) is 0 Å². The molecule has 0 aromatic heterocycles. The Kier molecular flexibility index (Phi) is 3.73. The summed E-state index contributed by atoms with van der Waals surface area (Å²) in [5, 5.41) is 8.82. The van der Waals surface area contributed by atoms with Gasteiger partial charge in [-0.3, -0.25) is 0 Å². The molecule has 0 aliphatic carbocycles. The molecule has 0 heterocycles. The predicted molar refractivity (Wildman–Crippen MR) is 110 cm³/mol. The third kappa shape index (κ3) is 2.98. The molecule has 4 aromatic rings. The molecule has 25 heavy (non-hydrogen) atoms. The molecule has 4 aromatic carbocycles. The van der Waals surface area contributed by atoms with E-state index in [4.69, 9.17) is 0 Å². The lowest BCUT2D eigenvalue weighted by Gasteiger charge is -2.25. The van der Waals surface area contributed by atoms with Gasteiger partial charge in [-0.1, -0.05) is 72.8 Å². The van der Waals surface area contributed by atoms with Gasteiger partial charge in [-0.25, -0.2) is 0 Å². The van der Waals surface area contributed by atoms with E-state index < -0.39 is 0 Å². The van der Waals surface area contributed by atoms with Crippen molar-refractivity contribution in [1.82, 2.24) is 0 Å². The van der Waals surface area contributed by atoms with Crippen LogP contribution in [0.5, 0.6) is 0 Å². The summed E-state index contributed by atoms with van der Waals surface area (Å²) in [7, 11) is 0. The van der Waals surface area contributed by atoms with E-state index in [0.717, 1.165) is 0 Å². The maximum absolute atomic E-state index is 3.71. The van der Waals surface area contributed by atoms with Crippen molar-refractivity contribution in [1.29, 1.82) is 0 Å². The largest absolute Gasteiger partial charge is 0.380 e. The van der Waals surface area contributed by atoms with E-state index in [9.17, 15) is 0 Å². The molecule has 0 aliphatic rings. The van der Waals surface area contributed by atoms with Crippen LogP contribution in [0.3, 0.4) is 0 Å². The molecule has 1 heteroatoms. The van der Waals surface area contributed by atoms with Crippen LogP contribution in [0.2, 0.25) is 0 Å². The number of benzene rings is 4. The minimum absolute atomic E-state index is 0.00178. The molecular formula is C24H23N. The van der Waals surface area contributed by atoms with Crippen LogP contribution in [-0.4, -0.2) is 5.54 Å². The predicted octanol–water partition coefficient (Wildman–Crippen LogP) is 6.87. The molecule has 0 spiro atoms. The van der Waals surface area contributed by atoms with Crippen LogP contribution in [0, 0.1) is 0 Å². The second-order valence-corrected chi connectivity index (χ2v) is 7.61. The molecule has 0 radical (unpaired) electrons. The average molecular weight is 325 g/mol. The van der Waals surface area contributed by atoms with E-state index in [1.54, 1.807) is 0 Å². The monoisotopic (exact) mass is 325 g/mol. The zero-order valence-corrected chi connectivity index (χ0v) is 15.0. The summed E-state index contributed by atoms with van der Waals surface area (Å²) in [5.74, 6) is 0. The molecule has 0 aliphatic heterocycles. The highest BCUT2D eigenvalue weighted by molar-refractivity contribution is 6.09. The van der Waals surface area contributed by atoms with Gasteiger partial charge in [0.05, 0.1) is 0 Å². The van der Waals surface area contributed by atoms with Crippen molar-refractivity contribution in [2.75, 3.05) is 5.32 Å². The maximum atomic E-state index is 3.71. The van der Waals surface area contributed by atoms with Gasteiger partial charge in [0.25, 0.3) is 0 Å². The van der Waals surface area contributed by atoms with Gasteiger partial charge >= 0.3 is 0 Å². The average Bonchev–Trinajstić information content (AvgIpc) is 2.60. The molecule has 0 unspecified atom stereocenters. The van der Waals surface area contributed by atoms with Crippen molar-refractivity contribution in [3.63, 3.8) is 0 Å². The van der Waals surface area contributed by atoms with Gasteiger partial charge in [0.1, 0.15) is 0 Å². The summed E-state index contributed by atoms with van der Waals surface area (Å²) in [5.41, 5.74) is 3.75. The van der Waals surface area contributed by atoms with Crippen LogP contribution in [-0.2, 0) is 0 Å². The molecule has 1 nitrogen and oxygen atoms in total. The fourth-order valence-electron chi connectivity index (χ4n) is 3.51. The highest BCUT2D eigenvalue weighted by atomic mass is 15.0. The van der Waals surface area contributed by atoms with Crippen molar-refractivity contribution in [2.45, 2.75) is 26.3 Å². The lowest BCUT2D eigenvalue weighted by Crippen LogP contribution is -2.26. The first-order chi connectivity index (χ1) is 12.0. The molecular weight excluding hydrogens is 302 g/mol. The van der Waals surface area contributed by atoms with E-state index in [2.05, 4.69) is 105 Å². The molecule has 124 valence electrons. The smallest absolute Gasteiger partial charge is 0.0430 e. The van der Waals surface area contributed by atoms with Crippen LogP contribution >= 0.6 is 0 Å². The van der Waals surface area contributed by atoms with Crippen molar-refractivity contribution in [3.8, 4) is 11.1 Å². The number of rotatable bonds is 2. The lowest BCUT2D eigenvalue weighted by atomic mass is 9.91. The number of nitrogens with one attached hydrogen (secondary N) is 1. The second kappa shape index (κ2) is 5.93. The topological polar surface area (TPSA) is 12.0 Å². The van der Waals surface area contributed by atoms with Gasteiger partial charge in [-0.05, 0) is 53.9 Å². The first kappa shape index (κ1) is 15.7. The van der Waals surface area contributed by atoms with Crippen molar-refractivity contribution >= 4 is 27.2 Å². The fraction of sp³-hybridized carbons (Fsp3) is 0.167. The highest BCUT2D eigenvalue weighted by Crippen LogP contribution is 2.40. The van der Waals surface area contributed by atoms with E-state index >= 15 is 0 Å². The van der Waals surface area contributed by atoms with E-state index in [0.29, 0.717) is 0 Å². The third-order valence-electron chi connectivity index (χ3n) is 4.50. The Bertz CT molecular complexity index is 1050. The van der Waals surface area contributed by atoms with Crippen LogP contribution in [0.1, 0.15) is 20.8 Å². The summed E-state index contributed by atoms with van der Waals surface area (Å²) in [6, 6.07) is 28.2. The Balaban J connectivity index is 2.09. The number of hydrogen-bond acceptors (Lipinski definition) is 1. The molecule has 0 amide bonds. The normalized spacial score (nSPS) is 11.8. The zero-order chi connectivity index (χ0) is 17.4. The fourth-order valence-corrected chi connectivity index (χ4v) is 3.51. The van der Waals surface area contributed by atoms with Crippen molar-refractivity contribution in [2.24, 2.45) is 0 Å².